The van der Waals surface area contributed by atoms with Crippen LogP contribution in [0.1, 0.15) is 19.8 Å². The summed E-state index contributed by atoms with van der Waals surface area (Å²) in [5, 5.41) is 3.62. The Morgan fingerprint density at radius 2 is 1.95 bits per heavy atom. The van der Waals surface area contributed by atoms with Gasteiger partial charge in [0.25, 0.3) is 0 Å². The van der Waals surface area contributed by atoms with Crippen molar-refractivity contribution < 1.29 is 9.63 Å². The van der Waals surface area contributed by atoms with Crippen LogP contribution in [0.25, 0.3) is 0 Å². The Morgan fingerprint density at radius 3 is 2.50 bits per heavy atom. The van der Waals surface area contributed by atoms with Gasteiger partial charge in [0.05, 0.1) is 6.10 Å². The Hall–Kier alpha value is -1.10. The molecular formula is C15H19ClN2O2. The molecule has 0 spiro atoms. The summed E-state index contributed by atoms with van der Waals surface area (Å²) >= 11 is 5.83. The van der Waals surface area contributed by atoms with Gasteiger partial charge in [-0.2, -0.15) is 0 Å². The number of benzene rings is 1. The lowest BCUT2D eigenvalue weighted by Crippen LogP contribution is -2.25. The van der Waals surface area contributed by atoms with Crippen LogP contribution < -0.4 is 11.2 Å². The molecule has 1 unspecified atom stereocenters. The van der Waals surface area contributed by atoms with E-state index in [9.17, 15) is 4.79 Å². The van der Waals surface area contributed by atoms with E-state index in [0.29, 0.717) is 22.8 Å². The highest BCUT2D eigenvalue weighted by atomic mass is 35.5. The van der Waals surface area contributed by atoms with Crippen LogP contribution in [0.5, 0.6) is 0 Å². The van der Waals surface area contributed by atoms with Crippen LogP contribution in [0, 0.1) is 23.7 Å². The summed E-state index contributed by atoms with van der Waals surface area (Å²) in [7, 11) is 0. The second-order valence-electron chi connectivity index (χ2n) is 5.92. The molecule has 4 nitrogen and oxygen atoms in total. The zero-order valence-corrected chi connectivity index (χ0v) is 12.1. The van der Waals surface area contributed by atoms with Crippen LogP contribution >= 0.6 is 11.6 Å². The summed E-state index contributed by atoms with van der Waals surface area (Å²) in [5.74, 6) is 7.02. The number of fused-ring (bicyclic) bond motifs is 1. The first-order valence-electron chi connectivity index (χ1n) is 7.02. The van der Waals surface area contributed by atoms with E-state index < -0.39 is 0 Å². The summed E-state index contributed by atoms with van der Waals surface area (Å²) < 4.78 is 0. The van der Waals surface area contributed by atoms with Crippen molar-refractivity contribution in [2.45, 2.75) is 25.9 Å². The SMILES string of the molecule is CC(C(=O)Nc1ccc(Cl)cc1)[C@H]1[C@@H]2C[C@H](ON)C[C@@H]21. The van der Waals surface area contributed by atoms with Crippen molar-refractivity contribution in [2.75, 3.05) is 5.32 Å². The van der Waals surface area contributed by atoms with Crippen LogP contribution in [0.2, 0.25) is 5.02 Å². The fraction of sp³-hybridized carbons (Fsp3) is 0.533. The molecule has 0 radical (unpaired) electrons. The van der Waals surface area contributed by atoms with E-state index in [1.807, 2.05) is 19.1 Å². The molecule has 0 heterocycles. The van der Waals surface area contributed by atoms with Crippen molar-refractivity contribution in [1.82, 2.24) is 0 Å². The molecule has 1 aromatic carbocycles. The number of halogens is 1. The van der Waals surface area contributed by atoms with Gasteiger partial charge in [0.2, 0.25) is 5.91 Å². The van der Waals surface area contributed by atoms with Gasteiger partial charge < -0.3 is 10.2 Å². The minimum absolute atomic E-state index is 0.0272. The molecule has 20 heavy (non-hydrogen) atoms. The maximum Gasteiger partial charge on any atom is 0.227 e. The molecule has 0 aromatic heterocycles. The lowest BCUT2D eigenvalue weighted by molar-refractivity contribution is -0.120. The topological polar surface area (TPSA) is 64.3 Å². The summed E-state index contributed by atoms with van der Waals surface area (Å²) in [6.45, 7) is 2.01. The zero-order chi connectivity index (χ0) is 14.3. The van der Waals surface area contributed by atoms with E-state index in [0.717, 1.165) is 18.5 Å². The van der Waals surface area contributed by atoms with Crippen molar-refractivity contribution in [3.05, 3.63) is 29.3 Å². The Bertz CT molecular complexity index is 493. The smallest absolute Gasteiger partial charge is 0.227 e. The predicted molar refractivity (Wildman–Crippen MR) is 78.0 cm³/mol. The summed E-state index contributed by atoms with van der Waals surface area (Å²) in [6, 6.07) is 7.19. The number of nitrogens with two attached hydrogens (primary N) is 1. The van der Waals surface area contributed by atoms with Gasteiger partial charge in [-0.1, -0.05) is 18.5 Å². The summed E-state index contributed by atoms with van der Waals surface area (Å²) in [4.78, 5) is 17.2. The number of hydrogen-bond acceptors (Lipinski definition) is 3. The van der Waals surface area contributed by atoms with Crippen LogP contribution in [0.3, 0.4) is 0 Å². The molecule has 5 atom stereocenters. The zero-order valence-electron chi connectivity index (χ0n) is 11.4. The molecular weight excluding hydrogens is 276 g/mol. The van der Waals surface area contributed by atoms with E-state index in [1.165, 1.54) is 0 Å². The number of anilines is 1. The Kier molecular flexibility index (Phi) is 3.71. The molecule has 2 aliphatic carbocycles. The first-order valence-corrected chi connectivity index (χ1v) is 7.40. The van der Waals surface area contributed by atoms with E-state index in [1.54, 1.807) is 12.1 Å². The molecule has 3 rings (SSSR count). The monoisotopic (exact) mass is 294 g/mol. The average molecular weight is 295 g/mol. The minimum Gasteiger partial charge on any atom is -0.326 e. The highest BCUT2D eigenvalue weighted by Crippen LogP contribution is 2.61. The maximum absolute atomic E-state index is 12.3. The van der Waals surface area contributed by atoms with Crippen LogP contribution in [-0.4, -0.2) is 12.0 Å². The molecule has 5 heteroatoms. The number of carbonyl (C=O) groups excluding carboxylic acids is 1. The number of nitrogens with one attached hydrogen (secondary N) is 1. The van der Waals surface area contributed by atoms with E-state index in [4.69, 9.17) is 22.3 Å². The van der Waals surface area contributed by atoms with Crippen molar-refractivity contribution in [2.24, 2.45) is 29.6 Å². The quantitative estimate of drug-likeness (QED) is 0.839. The van der Waals surface area contributed by atoms with Crippen LogP contribution in [0.4, 0.5) is 5.69 Å². The second-order valence-corrected chi connectivity index (χ2v) is 6.36. The average Bonchev–Trinajstić information content (AvgIpc) is 2.94. The molecule has 0 bridgehead atoms. The van der Waals surface area contributed by atoms with Gasteiger partial charge in [0.1, 0.15) is 0 Å². The predicted octanol–water partition coefficient (Wildman–Crippen LogP) is 2.83. The molecule has 1 aromatic rings. The second kappa shape index (κ2) is 5.35. The normalized spacial score (nSPS) is 32.5. The van der Waals surface area contributed by atoms with Gasteiger partial charge in [-0.05, 0) is 54.9 Å². The highest BCUT2D eigenvalue weighted by Gasteiger charge is 2.59. The maximum atomic E-state index is 12.3. The Balaban J connectivity index is 1.55. The molecule has 108 valence electrons. The largest absolute Gasteiger partial charge is 0.326 e. The minimum atomic E-state index is 0.0272. The number of carbonyl (C=O) groups is 1. The lowest BCUT2D eigenvalue weighted by atomic mass is 9.97. The molecule has 3 N–H and O–H groups in total. The fourth-order valence-corrected chi connectivity index (χ4v) is 3.78. The van der Waals surface area contributed by atoms with Crippen molar-refractivity contribution in [1.29, 1.82) is 0 Å². The molecule has 0 saturated heterocycles. The van der Waals surface area contributed by atoms with Crippen molar-refractivity contribution in [3.8, 4) is 0 Å². The molecule has 2 aliphatic rings. The van der Waals surface area contributed by atoms with E-state index in [2.05, 4.69) is 5.32 Å². The van der Waals surface area contributed by atoms with Gasteiger partial charge in [0.15, 0.2) is 0 Å². The molecule has 0 aliphatic heterocycles. The summed E-state index contributed by atoms with van der Waals surface area (Å²) in [5.41, 5.74) is 0.792. The number of amides is 1. The number of hydrogen-bond donors (Lipinski definition) is 2. The van der Waals surface area contributed by atoms with Gasteiger partial charge in [0, 0.05) is 16.6 Å². The first kappa shape index (κ1) is 13.9. The molecule has 2 fully saturated rings. The highest BCUT2D eigenvalue weighted by molar-refractivity contribution is 6.30. The standard InChI is InChI=1S/C15H19ClN2O2/c1-8(14-12-6-11(20-17)7-13(12)14)15(19)18-10-4-2-9(16)3-5-10/h2-5,8,11-14H,6-7,17H2,1H3,(H,18,19)/t8?,11-,12+,13-,14-. The van der Waals surface area contributed by atoms with Gasteiger partial charge in [-0.25, -0.2) is 5.90 Å². The van der Waals surface area contributed by atoms with Gasteiger partial charge >= 0.3 is 0 Å². The third-order valence-corrected chi connectivity index (χ3v) is 5.02. The Morgan fingerprint density at radius 1 is 1.35 bits per heavy atom. The van der Waals surface area contributed by atoms with Crippen molar-refractivity contribution in [3.63, 3.8) is 0 Å². The molecule has 2 saturated carbocycles. The van der Waals surface area contributed by atoms with Crippen LogP contribution in [0.15, 0.2) is 24.3 Å². The number of rotatable bonds is 4. The van der Waals surface area contributed by atoms with Gasteiger partial charge in [-0.3, -0.25) is 4.79 Å². The fourth-order valence-electron chi connectivity index (χ4n) is 3.66. The first-order chi connectivity index (χ1) is 9.60. The van der Waals surface area contributed by atoms with Crippen LogP contribution in [-0.2, 0) is 9.63 Å². The summed E-state index contributed by atoms with van der Waals surface area (Å²) in [6.07, 6.45) is 2.17. The Labute approximate surface area is 123 Å². The molecule has 1 amide bonds. The van der Waals surface area contributed by atoms with E-state index in [-0.39, 0.29) is 17.9 Å². The third-order valence-electron chi connectivity index (χ3n) is 4.76. The van der Waals surface area contributed by atoms with Crippen molar-refractivity contribution >= 4 is 23.2 Å². The lowest BCUT2D eigenvalue weighted by Gasteiger charge is -2.16. The van der Waals surface area contributed by atoms with Gasteiger partial charge in [-0.15, -0.1) is 0 Å². The van der Waals surface area contributed by atoms with E-state index >= 15 is 0 Å². The third kappa shape index (κ3) is 2.55.